The van der Waals surface area contributed by atoms with Gasteiger partial charge in [-0.15, -0.1) is 0 Å². The topological polar surface area (TPSA) is 104 Å². The monoisotopic (exact) mass is 344 g/mol. The predicted octanol–water partition coefficient (Wildman–Crippen LogP) is 1.28. The van der Waals surface area contributed by atoms with E-state index in [1.165, 1.54) is 12.1 Å². The molecule has 0 atom stereocenters. The summed E-state index contributed by atoms with van der Waals surface area (Å²) < 4.78 is 26.2. The van der Waals surface area contributed by atoms with Gasteiger partial charge in [0, 0.05) is 17.0 Å². The standard InChI is InChI=1S/C16H10F2N4O3/c17-9-5-8(6-10(18)7-9)14(23)20-22-16(25)13-11-3-1-2-4-12(11)15(24)21-19-13/h1-7H,(H,20,23)(H,21,24)(H,22,25). The van der Waals surface area contributed by atoms with Crippen molar-refractivity contribution < 1.29 is 18.4 Å². The van der Waals surface area contributed by atoms with Gasteiger partial charge in [0.05, 0.1) is 5.39 Å². The number of fused-ring (bicyclic) bond motifs is 1. The van der Waals surface area contributed by atoms with Gasteiger partial charge in [-0.3, -0.25) is 25.2 Å². The Morgan fingerprint density at radius 2 is 1.52 bits per heavy atom. The van der Waals surface area contributed by atoms with E-state index in [4.69, 9.17) is 0 Å². The zero-order chi connectivity index (χ0) is 18.0. The fraction of sp³-hybridized carbons (Fsp3) is 0. The van der Waals surface area contributed by atoms with Gasteiger partial charge in [-0.1, -0.05) is 18.2 Å². The Kier molecular flexibility index (Phi) is 4.21. The molecule has 0 saturated heterocycles. The van der Waals surface area contributed by atoms with Crippen LogP contribution in [-0.2, 0) is 0 Å². The highest BCUT2D eigenvalue weighted by Crippen LogP contribution is 2.12. The van der Waals surface area contributed by atoms with Gasteiger partial charge in [0.15, 0.2) is 5.69 Å². The molecule has 9 heteroatoms. The van der Waals surface area contributed by atoms with E-state index in [9.17, 15) is 23.2 Å². The van der Waals surface area contributed by atoms with E-state index in [2.05, 4.69) is 15.6 Å². The normalized spacial score (nSPS) is 10.5. The molecule has 0 aliphatic rings. The van der Waals surface area contributed by atoms with Crippen LogP contribution in [0.3, 0.4) is 0 Å². The van der Waals surface area contributed by atoms with Gasteiger partial charge < -0.3 is 0 Å². The highest BCUT2D eigenvalue weighted by molar-refractivity contribution is 6.05. The van der Waals surface area contributed by atoms with E-state index in [-0.39, 0.29) is 22.0 Å². The molecule has 0 unspecified atom stereocenters. The lowest BCUT2D eigenvalue weighted by atomic mass is 10.1. The molecule has 3 aromatic rings. The van der Waals surface area contributed by atoms with E-state index in [1.54, 1.807) is 12.1 Å². The lowest BCUT2D eigenvalue weighted by molar-refractivity contribution is 0.0844. The largest absolute Gasteiger partial charge is 0.290 e. The number of carbonyl (C=O) groups excluding carboxylic acids is 2. The van der Waals surface area contributed by atoms with E-state index in [0.717, 1.165) is 12.1 Å². The van der Waals surface area contributed by atoms with Crippen molar-refractivity contribution in [2.24, 2.45) is 0 Å². The molecule has 7 nitrogen and oxygen atoms in total. The van der Waals surface area contributed by atoms with E-state index >= 15 is 0 Å². The van der Waals surface area contributed by atoms with Crippen LogP contribution in [0.5, 0.6) is 0 Å². The van der Waals surface area contributed by atoms with Crippen molar-refractivity contribution in [1.82, 2.24) is 21.0 Å². The minimum Gasteiger partial charge on any atom is -0.267 e. The number of benzene rings is 2. The predicted molar refractivity (Wildman–Crippen MR) is 83.7 cm³/mol. The second-order valence-corrected chi connectivity index (χ2v) is 5.01. The van der Waals surface area contributed by atoms with Crippen molar-refractivity contribution in [2.45, 2.75) is 0 Å². The zero-order valence-electron chi connectivity index (χ0n) is 12.5. The number of hydrazine groups is 1. The number of hydrogen-bond donors (Lipinski definition) is 3. The lowest BCUT2D eigenvalue weighted by Crippen LogP contribution is -2.42. The number of hydrogen-bond acceptors (Lipinski definition) is 4. The van der Waals surface area contributed by atoms with Gasteiger partial charge in [-0.25, -0.2) is 13.9 Å². The summed E-state index contributed by atoms with van der Waals surface area (Å²) in [6.45, 7) is 0. The summed E-state index contributed by atoms with van der Waals surface area (Å²) in [5, 5.41) is 6.38. The quantitative estimate of drug-likeness (QED) is 0.609. The first-order chi connectivity index (χ1) is 12.0. The molecule has 126 valence electrons. The third-order valence-electron chi connectivity index (χ3n) is 3.33. The fourth-order valence-corrected chi connectivity index (χ4v) is 2.22. The summed E-state index contributed by atoms with van der Waals surface area (Å²) >= 11 is 0. The van der Waals surface area contributed by atoms with Crippen LogP contribution in [0.2, 0.25) is 0 Å². The van der Waals surface area contributed by atoms with Gasteiger partial charge in [0.1, 0.15) is 11.6 Å². The summed E-state index contributed by atoms with van der Waals surface area (Å²) in [5.41, 5.74) is 3.21. The van der Waals surface area contributed by atoms with Gasteiger partial charge in [0.25, 0.3) is 17.4 Å². The molecule has 0 aliphatic heterocycles. The Morgan fingerprint density at radius 1 is 0.920 bits per heavy atom. The number of amides is 2. The second kappa shape index (κ2) is 6.48. The minimum absolute atomic E-state index is 0.124. The maximum Gasteiger partial charge on any atom is 0.290 e. The van der Waals surface area contributed by atoms with Crippen LogP contribution >= 0.6 is 0 Å². The second-order valence-electron chi connectivity index (χ2n) is 5.01. The third-order valence-corrected chi connectivity index (χ3v) is 3.33. The van der Waals surface area contributed by atoms with Crippen LogP contribution in [-0.4, -0.2) is 22.0 Å². The number of nitrogens with one attached hydrogen (secondary N) is 3. The van der Waals surface area contributed by atoms with Crippen molar-refractivity contribution in [3.8, 4) is 0 Å². The molecule has 3 N–H and O–H groups in total. The van der Waals surface area contributed by atoms with E-state index < -0.39 is 29.0 Å². The number of aromatic nitrogens is 2. The van der Waals surface area contributed by atoms with Gasteiger partial charge in [-0.05, 0) is 18.2 Å². The third kappa shape index (κ3) is 3.34. The van der Waals surface area contributed by atoms with Crippen molar-refractivity contribution in [3.63, 3.8) is 0 Å². The Balaban J connectivity index is 1.80. The molecule has 0 aliphatic carbocycles. The molecular weight excluding hydrogens is 334 g/mol. The Hall–Kier alpha value is -3.62. The fourth-order valence-electron chi connectivity index (χ4n) is 2.22. The summed E-state index contributed by atoms with van der Waals surface area (Å²) in [5.74, 6) is -3.58. The molecule has 0 saturated carbocycles. The molecule has 2 aromatic carbocycles. The van der Waals surface area contributed by atoms with Gasteiger partial charge in [-0.2, -0.15) is 5.10 Å². The highest BCUT2D eigenvalue weighted by Gasteiger charge is 2.15. The molecule has 2 amide bonds. The Labute approximate surface area is 138 Å². The number of H-pyrrole nitrogens is 1. The first kappa shape index (κ1) is 16.2. The minimum atomic E-state index is -0.926. The van der Waals surface area contributed by atoms with Crippen molar-refractivity contribution >= 4 is 22.6 Å². The van der Waals surface area contributed by atoms with Gasteiger partial charge >= 0.3 is 0 Å². The number of nitrogens with zero attached hydrogens (tertiary/aromatic N) is 1. The number of aromatic amines is 1. The summed E-state index contributed by atoms with van der Waals surface area (Å²) in [4.78, 5) is 35.7. The molecule has 1 heterocycles. The smallest absolute Gasteiger partial charge is 0.267 e. The average molecular weight is 344 g/mol. The average Bonchev–Trinajstić information content (AvgIpc) is 2.59. The van der Waals surface area contributed by atoms with Crippen LogP contribution in [0.1, 0.15) is 20.8 Å². The Bertz CT molecular complexity index is 1030. The number of rotatable bonds is 2. The van der Waals surface area contributed by atoms with Crippen LogP contribution < -0.4 is 16.4 Å². The molecule has 0 radical (unpaired) electrons. The summed E-state index contributed by atoms with van der Waals surface area (Å²) in [6, 6.07) is 8.53. The lowest BCUT2D eigenvalue weighted by Gasteiger charge is -2.08. The SMILES string of the molecule is O=C(NNC(=O)c1n[nH]c(=O)c2ccccc12)c1cc(F)cc(F)c1. The van der Waals surface area contributed by atoms with Crippen LogP contribution in [0.15, 0.2) is 47.3 Å². The molecule has 3 rings (SSSR count). The zero-order valence-corrected chi connectivity index (χ0v) is 12.5. The van der Waals surface area contributed by atoms with Crippen LogP contribution in [0.25, 0.3) is 10.8 Å². The molecular formula is C16H10F2N4O3. The molecule has 25 heavy (non-hydrogen) atoms. The summed E-state index contributed by atoms with van der Waals surface area (Å²) in [7, 11) is 0. The number of carbonyl (C=O) groups is 2. The number of halogens is 2. The van der Waals surface area contributed by atoms with E-state index in [1.807, 2.05) is 5.43 Å². The highest BCUT2D eigenvalue weighted by atomic mass is 19.1. The van der Waals surface area contributed by atoms with Crippen molar-refractivity contribution in [3.05, 3.63) is 75.7 Å². The molecule has 0 fully saturated rings. The molecule has 0 bridgehead atoms. The van der Waals surface area contributed by atoms with E-state index in [0.29, 0.717) is 6.07 Å². The summed E-state index contributed by atoms with van der Waals surface area (Å²) in [6.07, 6.45) is 0. The maximum atomic E-state index is 13.1. The van der Waals surface area contributed by atoms with Crippen molar-refractivity contribution in [1.29, 1.82) is 0 Å². The van der Waals surface area contributed by atoms with Crippen molar-refractivity contribution in [2.75, 3.05) is 0 Å². The first-order valence-electron chi connectivity index (χ1n) is 7.00. The Morgan fingerprint density at radius 3 is 2.20 bits per heavy atom. The van der Waals surface area contributed by atoms with Crippen LogP contribution in [0.4, 0.5) is 8.78 Å². The molecule has 1 aromatic heterocycles. The molecule has 0 spiro atoms. The van der Waals surface area contributed by atoms with Gasteiger partial charge in [0.2, 0.25) is 0 Å². The van der Waals surface area contributed by atoms with Crippen LogP contribution in [0, 0.1) is 11.6 Å². The maximum absolute atomic E-state index is 13.1. The first-order valence-corrected chi connectivity index (χ1v) is 7.00.